The van der Waals surface area contributed by atoms with Crippen LogP contribution in [0.15, 0.2) is 24.3 Å². The lowest BCUT2D eigenvalue weighted by molar-refractivity contribution is 0.0476. The molecule has 2 unspecified atom stereocenters. The number of likely N-dealkylation sites (N-methyl/N-ethyl adjacent to an activating group) is 1. The van der Waals surface area contributed by atoms with Crippen LogP contribution in [0.2, 0.25) is 5.02 Å². The number of thioether (sulfide) groups is 1. The van der Waals surface area contributed by atoms with Crippen molar-refractivity contribution < 1.29 is 4.74 Å². The summed E-state index contributed by atoms with van der Waals surface area (Å²) in [5.41, 5.74) is 1.31. The molecule has 2 nitrogen and oxygen atoms in total. The molecule has 0 radical (unpaired) electrons. The molecule has 1 saturated heterocycles. The highest BCUT2D eigenvalue weighted by atomic mass is 35.5. The molecular formula is C14H20ClNOS. The van der Waals surface area contributed by atoms with Gasteiger partial charge in [0.15, 0.2) is 0 Å². The van der Waals surface area contributed by atoms with Crippen molar-refractivity contribution in [3.8, 4) is 0 Å². The van der Waals surface area contributed by atoms with E-state index in [1.165, 1.54) is 5.56 Å². The van der Waals surface area contributed by atoms with Crippen LogP contribution in [-0.4, -0.2) is 36.8 Å². The molecule has 100 valence electrons. The molecule has 0 aliphatic carbocycles. The van der Waals surface area contributed by atoms with Crippen LogP contribution < -0.4 is 5.32 Å². The first-order valence-corrected chi connectivity index (χ1v) is 8.00. The van der Waals surface area contributed by atoms with Gasteiger partial charge in [0.05, 0.1) is 12.7 Å². The highest BCUT2D eigenvalue weighted by molar-refractivity contribution is 7.99. The van der Waals surface area contributed by atoms with Crippen molar-refractivity contribution in [3.63, 3.8) is 0 Å². The molecule has 18 heavy (non-hydrogen) atoms. The van der Waals surface area contributed by atoms with E-state index < -0.39 is 0 Å². The van der Waals surface area contributed by atoms with E-state index in [0.29, 0.717) is 12.1 Å². The Hall–Kier alpha value is -0.220. The molecule has 1 aliphatic heterocycles. The first-order chi connectivity index (χ1) is 8.79. The molecule has 1 fully saturated rings. The fraction of sp³-hybridized carbons (Fsp3) is 0.571. The van der Waals surface area contributed by atoms with Crippen molar-refractivity contribution in [3.05, 3.63) is 34.9 Å². The summed E-state index contributed by atoms with van der Waals surface area (Å²) >= 11 is 7.90. The van der Waals surface area contributed by atoms with Gasteiger partial charge in [0, 0.05) is 22.6 Å². The normalized spacial score (nSPS) is 21.8. The molecule has 2 rings (SSSR count). The van der Waals surface area contributed by atoms with Crippen molar-refractivity contribution in [2.24, 2.45) is 0 Å². The van der Waals surface area contributed by atoms with Crippen LogP contribution in [0.1, 0.15) is 12.5 Å². The van der Waals surface area contributed by atoms with Gasteiger partial charge >= 0.3 is 0 Å². The summed E-state index contributed by atoms with van der Waals surface area (Å²) in [6.07, 6.45) is 1.32. The number of rotatable bonds is 5. The number of hydrogen-bond acceptors (Lipinski definition) is 3. The topological polar surface area (TPSA) is 21.3 Å². The number of ether oxygens (including phenoxy) is 1. The van der Waals surface area contributed by atoms with E-state index >= 15 is 0 Å². The zero-order valence-electron chi connectivity index (χ0n) is 10.7. The first kappa shape index (κ1) is 14.2. The minimum absolute atomic E-state index is 0.319. The van der Waals surface area contributed by atoms with Crippen LogP contribution in [-0.2, 0) is 11.2 Å². The van der Waals surface area contributed by atoms with Crippen molar-refractivity contribution in [2.45, 2.75) is 25.5 Å². The number of nitrogens with one attached hydrogen (secondary N) is 1. The molecule has 0 saturated carbocycles. The molecule has 1 aromatic rings. The van der Waals surface area contributed by atoms with E-state index in [4.69, 9.17) is 16.3 Å². The molecule has 4 heteroatoms. The quantitative estimate of drug-likeness (QED) is 0.899. The predicted octanol–water partition coefficient (Wildman–Crippen LogP) is 2.99. The summed E-state index contributed by atoms with van der Waals surface area (Å²) in [4.78, 5) is 0. The van der Waals surface area contributed by atoms with Crippen molar-refractivity contribution in [1.82, 2.24) is 5.32 Å². The average molecular weight is 286 g/mol. The SMILES string of the molecule is CCNC(Cc1ccc(Cl)cc1)C1CSCCO1. The molecule has 0 aromatic heterocycles. The Morgan fingerprint density at radius 3 is 2.83 bits per heavy atom. The second-order valence-electron chi connectivity index (χ2n) is 4.48. The Morgan fingerprint density at radius 2 is 2.22 bits per heavy atom. The Balaban J connectivity index is 1.98. The second kappa shape index (κ2) is 7.39. The molecule has 1 heterocycles. The summed E-state index contributed by atoms with van der Waals surface area (Å²) in [6, 6.07) is 8.50. The third-order valence-electron chi connectivity index (χ3n) is 3.13. The smallest absolute Gasteiger partial charge is 0.0821 e. The molecule has 0 bridgehead atoms. The maximum absolute atomic E-state index is 5.91. The largest absolute Gasteiger partial charge is 0.375 e. The Labute approximate surface area is 118 Å². The Bertz CT molecular complexity index is 351. The van der Waals surface area contributed by atoms with Gasteiger partial charge in [-0.3, -0.25) is 0 Å². The van der Waals surface area contributed by atoms with Gasteiger partial charge in [-0.25, -0.2) is 0 Å². The number of benzene rings is 1. The van der Waals surface area contributed by atoms with Gasteiger partial charge in [-0.05, 0) is 30.7 Å². The van der Waals surface area contributed by atoms with Gasteiger partial charge < -0.3 is 10.1 Å². The van der Waals surface area contributed by atoms with Gasteiger partial charge in [-0.2, -0.15) is 11.8 Å². The number of hydrogen-bond donors (Lipinski definition) is 1. The standard InChI is InChI=1S/C14H20ClNOS/c1-2-16-13(14-10-18-8-7-17-14)9-11-3-5-12(15)6-4-11/h3-6,13-14,16H,2,7-10H2,1H3. The van der Waals surface area contributed by atoms with Gasteiger partial charge in [-0.1, -0.05) is 30.7 Å². The predicted molar refractivity (Wildman–Crippen MR) is 79.7 cm³/mol. The third-order valence-corrected chi connectivity index (χ3v) is 4.40. The van der Waals surface area contributed by atoms with E-state index in [9.17, 15) is 0 Å². The van der Waals surface area contributed by atoms with E-state index in [-0.39, 0.29) is 0 Å². The van der Waals surface area contributed by atoms with Crippen molar-refractivity contribution in [1.29, 1.82) is 0 Å². The van der Waals surface area contributed by atoms with E-state index in [2.05, 4.69) is 24.4 Å². The van der Waals surface area contributed by atoms with Crippen LogP contribution in [0.5, 0.6) is 0 Å². The van der Waals surface area contributed by atoms with Gasteiger partial charge in [-0.15, -0.1) is 0 Å². The summed E-state index contributed by atoms with van der Waals surface area (Å²) in [6.45, 7) is 3.99. The van der Waals surface area contributed by atoms with Crippen molar-refractivity contribution in [2.75, 3.05) is 24.7 Å². The Morgan fingerprint density at radius 1 is 1.44 bits per heavy atom. The maximum Gasteiger partial charge on any atom is 0.0821 e. The molecule has 1 aliphatic rings. The first-order valence-electron chi connectivity index (χ1n) is 6.46. The fourth-order valence-electron chi connectivity index (χ4n) is 2.21. The summed E-state index contributed by atoms with van der Waals surface area (Å²) in [5, 5.41) is 4.34. The summed E-state index contributed by atoms with van der Waals surface area (Å²) in [5.74, 6) is 2.21. The maximum atomic E-state index is 5.91. The molecular weight excluding hydrogens is 266 g/mol. The lowest BCUT2D eigenvalue weighted by atomic mass is 10.0. The fourth-order valence-corrected chi connectivity index (χ4v) is 3.28. The van der Waals surface area contributed by atoms with Crippen LogP contribution in [0, 0.1) is 0 Å². The minimum Gasteiger partial charge on any atom is -0.375 e. The zero-order valence-corrected chi connectivity index (χ0v) is 12.3. The van der Waals surface area contributed by atoms with Crippen LogP contribution in [0.25, 0.3) is 0 Å². The highest BCUT2D eigenvalue weighted by Gasteiger charge is 2.24. The Kier molecular flexibility index (Phi) is 5.83. The van der Waals surface area contributed by atoms with E-state index in [1.807, 2.05) is 23.9 Å². The monoisotopic (exact) mass is 285 g/mol. The number of halogens is 1. The van der Waals surface area contributed by atoms with Gasteiger partial charge in [0.2, 0.25) is 0 Å². The van der Waals surface area contributed by atoms with Gasteiger partial charge in [0.25, 0.3) is 0 Å². The average Bonchev–Trinajstić information content (AvgIpc) is 2.42. The molecule has 0 amide bonds. The molecule has 0 spiro atoms. The molecule has 2 atom stereocenters. The lowest BCUT2D eigenvalue weighted by Gasteiger charge is -2.31. The summed E-state index contributed by atoms with van der Waals surface area (Å²) in [7, 11) is 0. The second-order valence-corrected chi connectivity index (χ2v) is 6.07. The van der Waals surface area contributed by atoms with E-state index in [1.54, 1.807) is 0 Å². The molecule has 1 aromatic carbocycles. The van der Waals surface area contributed by atoms with Crippen molar-refractivity contribution >= 4 is 23.4 Å². The lowest BCUT2D eigenvalue weighted by Crippen LogP contribution is -2.46. The van der Waals surface area contributed by atoms with Crippen LogP contribution >= 0.6 is 23.4 Å². The van der Waals surface area contributed by atoms with Gasteiger partial charge in [0.1, 0.15) is 0 Å². The van der Waals surface area contributed by atoms with E-state index in [0.717, 1.165) is 36.1 Å². The molecule has 1 N–H and O–H groups in total. The van der Waals surface area contributed by atoms with Crippen LogP contribution in [0.4, 0.5) is 0 Å². The summed E-state index contributed by atoms with van der Waals surface area (Å²) < 4.78 is 5.88. The third kappa shape index (κ3) is 4.16. The zero-order chi connectivity index (χ0) is 12.8. The minimum atomic E-state index is 0.319. The van der Waals surface area contributed by atoms with Crippen LogP contribution in [0.3, 0.4) is 0 Å². The highest BCUT2D eigenvalue weighted by Crippen LogP contribution is 2.19.